The second-order valence-corrected chi connectivity index (χ2v) is 17.5. The Balaban J connectivity index is 2.07. The fourth-order valence-electron chi connectivity index (χ4n) is 7.06. The van der Waals surface area contributed by atoms with Gasteiger partial charge in [0.1, 0.15) is 6.04 Å². The van der Waals surface area contributed by atoms with Gasteiger partial charge in [0.05, 0.1) is 69.2 Å². The van der Waals surface area contributed by atoms with E-state index >= 15 is 0 Å². The number of aromatic amines is 1. The third-order valence-electron chi connectivity index (χ3n) is 10.5. The Morgan fingerprint density at radius 1 is 0.967 bits per heavy atom. The van der Waals surface area contributed by atoms with Crippen LogP contribution < -0.4 is 16.4 Å². The lowest BCUT2D eigenvalue weighted by molar-refractivity contribution is -0.140. The predicted molar refractivity (Wildman–Crippen MR) is 223 cm³/mol. The van der Waals surface area contributed by atoms with Crippen LogP contribution in [0.25, 0.3) is 0 Å². The Morgan fingerprint density at radius 3 is 2.30 bits per heavy atom. The summed E-state index contributed by atoms with van der Waals surface area (Å²) in [4.78, 5) is 99.0. The molecule has 0 bridgehead atoms. The number of primary amides is 1. The molecule has 0 radical (unpaired) electrons. The van der Waals surface area contributed by atoms with Gasteiger partial charge in [0.15, 0.2) is 11.6 Å². The molecule has 2 rings (SSSR count). The van der Waals surface area contributed by atoms with Crippen LogP contribution in [0.3, 0.4) is 0 Å². The zero-order chi connectivity index (χ0) is 44.7. The predicted octanol–water partition coefficient (Wildman–Crippen LogP) is 3.94. The van der Waals surface area contributed by atoms with Crippen LogP contribution in [0.1, 0.15) is 124 Å². The quantitative estimate of drug-likeness (QED) is 0.0496. The highest BCUT2D eigenvalue weighted by atomic mass is 31.2. The fourth-order valence-corrected chi connectivity index (χ4v) is 8.04. The standard InChI is InChI=1S/C41H71N6O12P/c1-7-8-9-10-11-12-13-18-58-60(54,55)59-30(5)33(39(42)51)25-36(48)29(4)45-40(52)31(23-32-26-43-27-44-32)24-37(49)34(22-28(2)3)46-41(53)35-15-14-17-47(35)38(50)16-19-57-21-20-56-6/h26-31,33-35H,7-25H2,1-6H3,(H2,42,51)(H,43,44)(H,45,52)(H,46,53)(H,54,55)/t29-,30+,31+,33-,34-,35-/m0/s1. The van der Waals surface area contributed by atoms with Crippen LogP contribution >= 0.6 is 7.82 Å². The van der Waals surface area contributed by atoms with E-state index in [1.165, 1.54) is 31.3 Å². The van der Waals surface area contributed by atoms with Gasteiger partial charge >= 0.3 is 7.82 Å². The summed E-state index contributed by atoms with van der Waals surface area (Å²) in [5.74, 6) is -5.58. The molecule has 1 fully saturated rings. The number of carbonyl (C=O) groups is 6. The number of phosphoric acid groups is 1. The third kappa shape index (κ3) is 19.9. The van der Waals surface area contributed by atoms with Crippen LogP contribution in [-0.4, -0.2) is 119 Å². The van der Waals surface area contributed by atoms with Gasteiger partial charge in [-0.2, -0.15) is 0 Å². The number of ketones is 2. The molecule has 1 aliphatic heterocycles. The monoisotopic (exact) mass is 870 g/mol. The molecule has 1 aromatic heterocycles. The molecule has 2 heterocycles. The Morgan fingerprint density at radius 2 is 1.67 bits per heavy atom. The number of H-pyrrole nitrogens is 1. The lowest BCUT2D eigenvalue weighted by Crippen LogP contribution is -2.52. The van der Waals surface area contributed by atoms with Crippen molar-refractivity contribution in [2.45, 2.75) is 149 Å². The van der Waals surface area contributed by atoms with Crippen LogP contribution in [-0.2, 0) is 58.3 Å². The number of phosphoric ester groups is 1. The molecule has 0 saturated carbocycles. The first kappa shape index (κ1) is 52.6. The number of hydrogen-bond donors (Lipinski definition) is 5. The number of amides is 4. The van der Waals surface area contributed by atoms with Gasteiger partial charge in [0, 0.05) is 44.8 Å². The van der Waals surface area contributed by atoms with Crippen LogP contribution in [0.4, 0.5) is 0 Å². The number of hydrogen-bond acceptors (Lipinski definition) is 12. The Kier molecular flexibility index (Phi) is 24.7. The van der Waals surface area contributed by atoms with E-state index in [0.29, 0.717) is 44.7 Å². The molecule has 0 spiro atoms. The van der Waals surface area contributed by atoms with E-state index in [1.54, 1.807) is 7.11 Å². The van der Waals surface area contributed by atoms with E-state index in [-0.39, 0.29) is 50.7 Å². The Labute approximate surface area is 355 Å². The van der Waals surface area contributed by atoms with Gasteiger partial charge in [-0.1, -0.05) is 59.3 Å². The smallest absolute Gasteiger partial charge is 0.382 e. The van der Waals surface area contributed by atoms with Gasteiger partial charge in [-0.25, -0.2) is 9.55 Å². The van der Waals surface area contributed by atoms with Gasteiger partial charge in [-0.3, -0.25) is 37.8 Å². The number of likely N-dealkylation sites (tertiary alicyclic amines) is 1. The van der Waals surface area contributed by atoms with Crippen molar-refractivity contribution in [3.63, 3.8) is 0 Å². The zero-order valence-corrected chi connectivity index (χ0v) is 37.4. The number of nitrogens with two attached hydrogens (primary N) is 1. The van der Waals surface area contributed by atoms with Crippen LogP contribution in [0.5, 0.6) is 0 Å². The molecule has 60 heavy (non-hydrogen) atoms. The average Bonchev–Trinajstić information content (AvgIpc) is 3.90. The molecular formula is C41H71N6O12P. The van der Waals surface area contributed by atoms with Crippen molar-refractivity contribution in [1.82, 2.24) is 25.5 Å². The summed E-state index contributed by atoms with van der Waals surface area (Å²) < 4.78 is 33.4. The molecule has 18 nitrogen and oxygen atoms in total. The van der Waals surface area contributed by atoms with E-state index in [1.807, 2.05) is 13.8 Å². The largest absolute Gasteiger partial charge is 0.472 e. The van der Waals surface area contributed by atoms with E-state index in [9.17, 15) is 38.2 Å². The van der Waals surface area contributed by atoms with E-state index in [0.717, 1.165) is 38.5 Å². The van der Waals surface area contributed by atoms with Gasteiger partial charge < -0.3 is 40.6 Å². The molecule has 1 aliphatic rings. The van der Waals surface area contributed by atoms with Crippen molar-refractivity contribution in [3.8, 4) is 0 Å². The summed E-state index contributed by atoms with van der Waals surface area (Å²) in [6, 6.07) is -2.86. The first-order valence-electron chi connectivity index (χ1n) is 21.4. The fraction of sp³-hybridized carbons (Fsp3) is 0.780. The molecule has 1 saturated heterocycles. The van der Waals surface area contributed by atoms with E-state index in [2.05, 4.69) is 27.5 Å². The lowest BCUT2D eigenvalue weighted by atomic mass is 9.89. The molecule has 342 valence electrons. The Bertz CT molecular complexity index is 1530. The normalized spacial score (nSPS) is 17.7. The van der Waals surface area contributed by atoms with E-state index in [4.69, 9.17) is 24.3 Å². The van der Waals surface area contributed by atoms with Gasteiger partial charge in [0.25, 0.3) is 0 Å². The highest BCUT2D eigenvalue weighted by Gasteiger charge is 2.38. The van der Waals surface area contributed by atoms with Crippen LogP contribution in [0.2, 0.25) is 0 Å². The minimum Gasteiger partial charge on any atom is -0.382 e. The van der Waals surface area contributed by atoms with Gasteiger partial charge in [-0.05, 0) is 45.4 Å². The number of rotatable bonds is 33. The number of nitrogens with zero attached hydrogens (tertiary/aromatic N) is 2. The molecule has 0 aliphatic carbocycles. The summed E-state index contributed by atoms with van der Waals surface area (Å²) in [6.07, 6.45) is 9.23. The summed E-state index contributed by atoms with van der Waals surface area (Å²) in [6.45, 7) is 10.0. The number of unbranched alkanes of at least 4 members (excludes halogenated alkanes) is 6. The van der Waals surface area contributed by atoms with E-state index < -0.39 is 79.6 Å². The highest BCUT2D eigenvalue weighted by Crippen LogP contribution is 2.46. The van der Waals surface area contributed by atoms with Crippen molar-refractivity contribution in [3.05, 3.63) is 18.2 Å². The van der Waals surface area contributed by atoms with Crippen molar-refractivity contribution in [2.24, 2.45) is 23.5 Å². The second-order valence-electron chi connectivity index (χ2n) is 16.1. The molecule has 4 amide bonds. The van der Waals surface area contributed by atoms with Crippen molar-refractivity contribution < 1.29 is 56.7 Å². The molecule has 6 N–H and O–H groups in total. The number of carbonyl (C=O) groups excluding carboxylic acids is 6. The zero-order valence-electron chi connectivity index (χ0n) is 36.5. The highest BCUT2D eigenvalue weighted by molar-refractivity contribution is 7.47. The maximum Gasteiger partial charge on any atom is 0.472 e. The molecular weight excluding hydrogens is 799 g/mol. The molecule has 1 unspecified atom stereocenters. The number of imidazole rings is 1. The SMILES string of the molecule is CCCCCCCCCOP(=O)(O)O[C@H](C)[C@H](CC(=O)[C@H](C)NC(=O)[C@@H](CC(=O)[C@H](CC(C)C)NC(=O)[C@@H]1CCCN1C(=O)CCOCCOC)Cc1cnc[nH]1)C(N)=O. The van der Waals surface area contributed by atoms with Gasteiger partial charge in [0.2, 0.25) is 23.6 Å². The maximum atomic E-state index is 14.0. The number of nitrogens with one attached hydrogen (secondary N) is 3. The second kappa shape index (κ2) is 28.1. The summed E-state index contributed by atoms with van der Waals surface area (Å²) >= 11 is 0. The molecule has 7 atom stereocenters. The lowest BCUT2D eigenvalue weighted by Gasteiger charge is -2.28. The number of aromatic nitrogens is 2. The average molecular weight is 871 g/mol. The summed E-state index contributed by atoms with van der Waals surface area (Å²) in [5.41, 5.74) is 6.15. The van der Waals surface area contributed by atoms with Gasteiger partial charge in [-0.15, -0.1) is 0 Å². The van der Waals surface area contributed by atoms with Crippen molar-refractivity contribution in [2.75, 3.05) is 40.1 Å². The maximum absolute atomic E-state index is 14.0. The minimum absolute atomic E-state index is 0.0108. The van der Waals surface area contributed by atoms with Crippen LogP contribution in [0.15, 0.2) is 12.5 Å². The third-order valence-corrected chi connectivity index (χ3v) is 11.6. The molecule has 19 heteroatoms. The number of Topliss-reactive ketones (excluding diaryl/α,β-unsaturated/α-hetero) is 2. The topological polar surface area (TPSA) is 259 Å². The molecule has 0 aromatic carbocycles. The summed E-state index contributed by atoms with van der Waals surface area (Å²) in [7, 11) is -3.03. The number of methoxy groups -OCH3 is 1. The first-order chi connectivity index (χ1) is 28.5. The van der Waals surface area contributed by atoms with Crippen molar-refractivity contribution >= 4 is 43.0 Å². The summed E-state index contributed by atoms with van der Waals surface area (Å²) in [5, 5.41) is 5.52. The van der Waals surface area contributed by atoms with Crippen LogP contribution in [0, 0.1) is 17.8 Å². The molecule has 1 aromatic rings. The Hall–Kier alpha value is -3.54. The van der Waals surface area contributed by atoms with Crippen molar-refractivity contribution in [1.29, 1.82) is 0 Å². The number of ether oxygens (including phenoxy) is 2. The minimum atomic E-state index is -4.58. The first-order valence-corrected chi connectivity index (χ1v) is 22.9.